The predicted molar refractivity (Wildman–Crippen MR) is 76.3 cm³/mol. The van der Waals surface area contributed by atoms with Crippen LogP contribution in [0.2, 0.25) is 0 Å². The van der Waals surface area contributed by atoms with E-state index in [4.69, 9.17) is 0 Å². The molecule has 1 fully saturated rings. The van der Waals surface area contributed by atoms with Crippen molar-refractivity contribution in [3.05, 3.63) is 23.6 Å². The van der Waals surface area contributed by atoms with Gasteiger partial charge in [0.1, 0.15) is 0 Å². The first-order valence-corrected chi connectivity index (χ1v) is 6.90. The lowest BCUT2D eigenvalue weighted by Gasteiger charge is -2.28. The summed E-state index contributed by atoms with van der Waals surface area (Å²) in [6, 6.07) is 1.40. The molecule has 0 radical (unpaired) electrons. The number of halogens is 1. The Bertz CT molecular complexity index is 472. The smallest absolute Gasteiger partial charge is 0.254 e. The highest BCUT2D eigenvalue weighted by Crippen LogP contribution is 2.16. The number of anilines is 1. The van der Waals surface area contributed by atoms with Gasteiger partial charge < -0.3 is 15.5 Å². The number of nitrogens with one attached hydrogen (secondary N) is 2. The van der Waals surface area contributed by atoms with E-state index in [1.165, 1.54) is 12.3 Å². The van der Waals surface area contributed by atoms with Gasteiger partial charge in [0, 0.05) is 19.8 Å². The van der Waals surface area contributed by atoms with Crippen LogP contribution >= 0.6 is 0 Å². The zero-order valence-electron chi connectivity index (χ0n) is 11.9. The molecule has 0 bridgehead atoms. The van der Waals surface area contributed by atoms with Crippen LogP contribution in [0.25, 0.3) is 0 Å². The van der Waals surface area contributed by atoms with E-state index < -0.39 is 5.82 Å². The van der Waals surface area contributed by atoms with Gasteiger partial charge in [0.2, 0.25) is 0 Å². The van der Waals surface area contributed by atoms with E-state index in [0.29, 0.717) is 12.5 Å². The number of hydrogen-bond acceptors (Lipinski definition) is 4. The van der Waals surface area contributed by atoms with E-state index in [2.05, 4.69) is 27.6 Å². The Hall–Kier alpha value is -1.69. The summed E-state index contributed by atoms with van der Waals surface area (Å²) in [5.74, 6) is -0.406. The van der Waals surface area contributed by atoms with Gasteiger partial charge in [0.25, 0.3) is 5.91 Å². The summed E-state index contributed by atoms with van der Waals surface area (Å²) in [6.07, 6.45) is 3.56. The van der Waals surface area contributed by atoms with Gasteiger partial charge >= 0.3 is 0 Å². The summed E-state index contributed by atoms with van der Waals surface area (Å²) in [5, 5.41) is 5.45. The molecule has 2 rings (SSSR count). The maximum atomic E-state index is 13.9. The van der Waals surface area contributed by atoms with Crippen LogP contribution in [0.4, 0.5) is 10.2 Å². The molecule has 0 aromatic carbocycles. The molecule has 1 aromatic heterocycles. The van der Waals surface area contributed by atoms with Gasteiger partial charge in [-0.25, -0.2) is 9.37 Å². The fourth-order valence-electron chi connectivity index (χ4n) is 2.39. The first kappa shape index (κ1) is 14.7. The molecule has 0 unspecified atom stereocenters. The van der Waals surface area contributed by atoms with E-state index >= 15 is 0 Å². The Morgan fingerprint density at radius 1 is 1.50 bits per heavy atom. The third-order valence-electron chi connectivity index (χ3n) is 3.76. The number of aromatic nitrogens is 1. The van der Waals surface area contributed by atoms with Crippen LogP contribution in [0.5, 0.6) is 0 Å². The lowest BCUT2D eigenvalue weighted by Crippen LogP contribution is -2.37. The van der Waals surface area contributed by atoms with Crippen molar-refractivity contribution in [3.8, 4) is 0 Å². The number of likely N-dealkylation sites (tertiary alicyclic amines) is 1. The van der Waals surface area contributed by atoms with E-state index in [1.54, 1.807) is 7.05 Å². The highest BCUT2D eigenvalue weighted by Gasteiger charge is 2.19. The number of carbonyl (C=O) groups is 1. The minimum Gasteiger partial charge on any atom is -0.371 e. The summed E-state index contributed by atoms with van der Waals surface area (Å²) in [6.45, 7) is 2.70. The molecular formula is C14H21FN4O. The van der Waals surface area contributed by atoms with Crippen molar-refractivity contribution in [2.24, 2.45) is 5.92 Å². The van der Waals surface area contributed by atoms with Crippen LogP contribution in [0.1, 0.15) is 23.2 Å². The molecule has 2 heterocycles. The minimum atomic E-state index is -0.601. The van der Waals surface area contributed by atoms with Crippen LogP contribution < -0.4 is 10.6 Å². The summed E-state index contributed by atoms with van der Waals surface area (Å²) >= 11 is 0. The molecule has 1 amide bonds. The third kappa shape index (κ3) is 3.45. The van der Waals surface area contributed by atoms with Gasteiger partial charge in [0.15, 0.2) is 11.6 Å². The predicted octanol–water partition coefficient (Wildman–Crippen LogP) is 1.33. The van der Waals surface area contributed by atoms with Crippen molar-refractivity contribution in [1.29, 1.82) is 0 Å². The van der Waals surface area contributed by atoms with E-state index in [9.17, 15) is 9.18 Å². The normalized spacial score (nSPS) is 16.9. The number of carbonyl (C=O) groups excluding carboxylic acids is 1. The largest absolute Gasteiger partial charge is 0.371 e. The average Bonchev–Trinajstić information content (AvgIpc) is 2.46. The summed E-state index contributed by atoms with van der Waals surface area (Å²) in [4.78, 5) is 18.1. The highest BCUT2D eigenvalue weighted by atomic mass is 19.1. The maximum Gasteiger partial charge on any atom is 0.254 e. The zero-order valence-corrected chi connectivity index (χ0v) is 11.9. The van der Waals surface area contributed by atoms with Crippen LogP contribution in [-0.4, -0.2) is 49.5 Å². The second-order valence-electron chi connectivity index (χ2n) is 5.23. The monoisotopic (exact) mass is 280 g/mol. The fourth-order valence-corrected chi connectivity index (χ4v) is 2.39. The lowest BCUT2D eigenvalue weighted by molar-refractivity contribution is 0.0935. The van der Waals surface area contributed by atoms with Gasteiger partial charge in [-0.1, -0.05) is 0 Å². The van der Waals surface area contributed by atoms with Gasteiger partial charge in [0.05, 0.1) is 5.56 Å². The van der Waals surface area contributed by atoms with Gasteiger partial charge in [-0.2, -0.15) is 0 Å². The van der Waals surface area contributed by atoms with Gasteiger partial charge in [-0.3, -0.25) is 4.79 Å². The standard InChI is InChI=1S/C14H21FN4O/c1-16-13-12(15)11(3-6-17-13)14(20)18-9-10-4-7-19(2)8-5-10/h3,6,10H,4-5,7-9H2,1-2H3,(H,16,17)(H,18,20). The number of nitrogens with zero attached hydrogens (tertiary/aromatic N) is 2. The fraction of sp³-hybridized carbons (Fsp3) is 0.571. The summed E-state index contributed by atoms with van der Waals surface area (Å²) in [7, 11) is 3.67. The Labute approximate surface area is 118 Å². The molecule has 0 aliphatic carbocycles. The van der Waals surface area contributed by atoms with Gasteiger partial charge in [-0.05, 0) is 45.0 Å². The van der Waals surface area contributed by atoms with E-state index in [1.807, 2.05) is 0 Å². The van der Waals surface area contributed by atoms with Crippen LogP contribution in [-0.2, 0) is 0 Å². The SMILES string of the molecule is CNc1nccc(C(=O)NCC2CCN(C)CC2)c1F. The summed E-state index contributed by atoms with van der Waals surface area (Å²) in [5.41, 5.74) is 0.0391. The highest BCUT2D eigenvalue weighted by molar-refractivity contribution is 5.95. The molecule has 110 valence electrons. The molecule has 0 spiro atoms. The number of rotatable bonds is 4. The van der Waals surface area contributed by atoms with E-state index in [-0.39, 0.29) is 17.3 Å². The first-order chi connectivity index (χ1) is 9.61. The Balaban J connectivity index is 1.92. The number of hydrogen-bond donors (Lipinski definition) is 2. The van der Waals surface area contributed by atoms with Crippen LogP contribution in [0, 0.1) is 11.7 Å². The molecule has 2 N–H and O–H groups in total. The molecule has 6 heteroatoms. The average molecular weight is 280 g/mol. The first-order valence-electron chi connectivity index (χ1n) is 6.90. The second-order valence-corrected chi connectivity index (χ2v) is 5.23. The molecule has 0 atom stereocenters. The maximum absolute atomic E-state index is 13.9. The van der Waals surface area contributed by atoms with Crippen molar-refractivity contribution >= 4 is 11.7 Å². The van der Waals surface area contributed by atoms with E-state index in [0.717, 1.165) is 25.9 Å². The quantitative estimate of drug-likeness (QED) is 0.874. The Kier molecular flexibility index (Phi) is 4.89. The molecular weight excluding hydrogens is 259 g/mol. The minimum absolute atomic E-state index is 0.0391. The van der Waals surface area contributed by atoms with Crippen LogP contribution in [0.15, 0.2) is 12.3 Å². The topological polar surface area (TPSA) is 57.3 Å². The van der Waals surface area contributed by atoms with Crippen molar-refractivity contribution in [3.63, 3.8) is 0 Å². The molecule has 5 nitrogen and oxygen atoms in total. The Morgan fingerprint density at radius 3 is 2.85 bits per heavy atom. The summed E-state index contributed by atoms with van der Waals surface area (Å²) < 4.78 is 13.9. The molecule has 1 aliphatic rings. The van der Waals surface area contributed by atoms with Crippen molar-refractivity contribution in [1.82, 2.24) is 15.2 Å². The van der Waals surface area contributed by atoms with Crippen LogP contribution in [0.3, 0.4) is 0 Å². The van der Waals surface area contributed by atoms with Gasteiger partial charge in [-0.15, -0.1) is 0 Å². The number of piperidine rings is 1. The second kappa shape index (κ2) is 6.65. The molecule has 1 aliphatic heterocycles. The zero-order chi connectivity index (χ0) is 14.5. The molecule has 1 saturated heterocycles. The lowest BCUT2D eigenvalue weighted by atomic mass is 9.97. The number of pyridine rings is 1. The van der Waals surface area contributed by atoms with Crippen molar-refractivity contribution in [2.45, 2.75) is 12.8 Å². The van der Waals surface area contributed by atoms with Crippen molar-refractivity contribution in [2.75, 3.05) is 39.0 Å². The third-order valence-corrected chi connectivity index (χ3v) is 3.76. The molecule has 1 aromatic rings. The Morgan fingerprint density at radius 2 is 2.20 bits per heavy atom. The van der Waals surface area contributed by atoms with Crippen molar-refractivity contribution < 1.29 is 9.18 Å². The number of amides is 1. The molecule has 0 saturated carbocycles. The molecule has 20 heavy (non-hydrogen) atoms.